The van der Waals surface area contributed by atoms with Crippen molar-refractivity contribution in [2.45, 2.75) is 12.1 Å². The summed E-state index contributed by atoms with van der Waals surface area (Å²) < 4.78 is 21.5. The standard InChI is InChI=1S/C20H21N3O5S/c1-4-27-15-8-6-14(7-9-15)21-18(24)12-29-20-23-22-19(28-20)13-5-10-16(25-2)17(11-13)26-3/h5-11H,4,12H2,1-3H3,(H,21,24). The fraction of sp³-hybridized carbons (Fsp3) is 0.250. The summed E-state index contributed by atoms with van der Waals surface area (Å²) in [5.41, 5.74) is 1.39. The van der Waals surface area contributed by atoms with Gasteiger partial charge in [-0.15, -0.1) is 10.2 Å². The number of ether oxygens (including phenoxy) is 3. The third-order valence-electron chi connectivity index (χ3n) is 3.81. The van der Waals surface area contributed by atoms with Gasteiger partial charge >= 0.3 is 0 Å². The molecule has 9 heteroatoms. The van der Waals surface area contributed by atoms with Gasteiger partial charge in [0.05, 0.1) is 26.6 Å². The molecular weight excluding hydrogens is 394 g/mol. The first-order valence-electron chi connectivity index (χ1n) is 8.84. The number of rotatable bonds is 9. The van der Waals surface area contributed by atoms with Crippen LogP contribution in [0, 0.1) is 0 Å². The summed E-state index contributed by atoms with van der Waals surface area (Å²) in [4.78, 5) is 12.1. The molecule has 1 N–H and O–H groups in total. The minimum atomic E-state index is -0.176. The number of amides is 1. The predicted molar refractivity (Wildman–Crippen MR) is 110 cm³/mol. The Morgan fingerprint density at radius 1 is 1.07 bits per heavy atom. The van der Waals surface area contributed by atoms with Gasteiger partial charge < -0.3 is 23.9 Å². The monoisotopic (exact) mass is 415 g/mol. The second kappa shape index (κ2) is 9.83. The highest BCUT2D eigenvalue weighted by atomic mass is 32.2. The topological polar surface area (TPSA) is 95.7 Å². The van der Waals surface area contributed by atoms with Gasteiger partial charge in [-0.2, -0.15) is 0 Å². The summed E-state index contributed by atoms with van der Waals surface area (Å²) in [6.07, 6.45) is 0. The van der Waals surface area contributed by atoms with Gasteiger partial charge in [-0.3, -0.25) is 4.79 Å². The maximum absolute atomic E-state index is 12.1. The summed E-state index contributed by atoms with van der Waals surface area (Å²) >= 11 is 1.16. The van der Waals surface area contributed by atoms with Crippen molar-refractivity contribution < 1.29 is 23.4 Å². The number of methoxy groups -OCH3 is 2. The highest BCUT2D eigenvalue weighted by Crippen LogP contribution is 2.32. The van der Waals surface area contributed by atoms with E-state index >= 15 is 0 Å². The van der Waals surface area contributed by atoms with Crippen LogP contribution in [0.4, 0.5) is 5.69 Å². The Labute approximate surface area is 172 Å². The van der Waals surface area contributed by atoms with Crippen LogP contribution in [-0.4, -0.2) is 42.7 Å². The van der Waals surface area contributed by atoms with Crippen LogP contribution in [0.1, 0.15) is 6.92 Å². The molecule has 152 valence electrons. The van der Waals surface area contributed by atoms with E-state index in [1.165, 1.54) is 0 Å². The van der Waals surface area contributed by atoms with E-state index in [2.05, 4.69) is 15.5 Å². The van der Waals surface area contributed by atoms with Gasteiger partial charge in [0, 0.05) is 11.3 Å². The largest absolute Gasteiger partial charge is 0.494 e. The van der Waals surface area contributed by atoms with Crippen LogP contribution in [0.25, 0.3) is 11.5 Å². The molecule has 0 saturated heterocycles. The van der Waals surface area contributed by atoms with Crippen molar-refractivity contribution in [2.75, 3.05) is 31.9 Å². The fourth-order valence-corrected chi connectivity index (χ4v) is 3.04. The van der Waals surface area contributed by atoms with E-state index < -0.39 is 0 Å². The lowest BCUT2D eigenvalue weighted by Gasteiger charge is -2.07. The zero-order chi connectivity index (χ0) is 20.6. The van der Waals surface area contributed by atoms with Crippen molar-refractivity contribution in [3.8, 4) is 28.7 Å². The first-order chi connectivity index (χ1) is 14.1. The normalized spacial score (nSPS) is 10.4. The lowest BCUT2D eigenvalue weighted by atomic mass is 10.2. The number of anilines is 1. The molecule has 29 heavy (non-hydrogen) atoms. The van der Waals surface area contributed by atoms with Crippen molar-refractivity contribution in [3.05, 3.63) is 42.5 Å². The third-order valence-corrected chi connectivity index (χ3v) is 4.63. The molecule has 0 fully saturated rings. The van der Waals surface area contributed by atoms with E-state index in [-0.39, 0.29) is 11.7 Å². The van der Waals surface area contributed by atoms with Crippen molar-refractivity contribution in [1.29, 1.82) is 0 Å². The predicted octanol–water partition coefficient (Wildman–Crippen LogP) is 3.88. The average molecular weight is 415 g/mol. The molecule has 8 nitrogen and oxygen atoms in total. The molecule has 0 aliphatic rings. The molecule has 1 amide bonds. The van der Waals surface area contributed by atoms with E-state index in [4.69, 9.17) is 18.6 Å². The Hall–Kier alpha value is -3.20. The Bertz CT molecular complexity index is 959. The molecule has 0 saturated carbocycles. The maximum atomic E-state index is 12.1. The first kappa shape index (κ1) is 20.5. The number of nitrogens with one attached hydrogen (secondary N) is 1. The molecule has 0 atom stereocenters. The molecule has 0 spiro atoms. The highest BCUT2D eigenvalue weighted by Gasteiger charge is 2.14. The summed E-state index contributed by atoms with van der Waals surface area (Å²) in [7, 11) is 3.12. The number of aromatic nitrogens is 2. The summed E-state index contributed by atoms with van der Waals surface area (Å²) in [5, 5.41) is 11.1. The minimum absolute atomic E-state index is 0.140. The van der Waals surface area contributed by atoms with Gasteiger partial charge in [-0.25, -0.2) is 0 Å². The van der Waals surface area contributed by atoms with Crippen molar-refractivity contribution in [3.63, 3.8) is 0 Å². The maximum Gasteiger partial charge on any atom is 0.277 e. The molecule has 0 unspecified atom stereocenters. The summed E-state index contributed by atoms with van der Waals surface area (Å²) in [6, 6.07) is 12.5. The van der Waals surface area contributed by atoms with Crippen LogP contribution in [0.15, 0.2) is 52.1 Å². The molecule has 3 aromatic rings. The Morgan fingerprint density at radius 3 is 2.52 bits per heavy atom. The van der Waals surface area contributed by atoms with Crippen LogP contribution in [0.2, 0.25) is 0 Å². The van der Waals surface area contributed by atoms with Crippen LogP contribution < -0.4 is 19.5 Å². The lowest BCUT2D eigenvalue weighted by molar-refractivity contribution is -0.113. The number of hydrogen-bond donors (Lipinski definition) is 1. The molecule has 3 rings (SSSR count). The van der Waals surface area contributed by atoms with E-state index in [1.54, 1.807) is 56.7 Å². The van der Waals surface area contributed by atoms with E-state index in [9.17, 15) is 4.79 Å². The average Bonchev–Trinajstić information content (AvgIpc) is 3.22. The summed E-state index contributed by atoms with van der Waals surface area (Å²) in [5.74, 6) is 2.23. The van der Waals surface area contributed by atoms with Crippen LogP contribution in [0.5, 0.6) is 17.2 Å². The van der Waals surface area contributed by atoms with Gasteiger partial charge in [-0.05, 0) is 49.4 Å². The lowest BCUT2D eigenvalue weighted by Crippen LogP contribution is -2.13. The Balaban J connectivity index is 1.57. The van der Waals surface area contributed by atoms with Crippen LogP contribution in [0.3, 0.4) is 0 Å². The van der Waals surface area contributed by atoms with Gasteiger partial charge in [0.25, 0.3) is 5.22 Å². The molecule has 1 heterocycles. The molecule has 0 radical (unpaired) electrons. The highest BCUT2D eigenvalue weighted by molar-refractivity contribution is 7.99. The van der Waals surface area contributed by atoms with Crippen LogP contribution in [-0.2, 0) is 4.79 Å². The van der Waals surface area contributed by atoms with E-state index in [0.29, 0.717) is 40.5 Å². The number of hydrogen-bond acceptors (Lipinski definition) is 8. The number of nitrogens with zero attached hydrogens (tertiary/aromatic N) is 2. The smallest absolute Gasteiger partial charge is 0.277 e. The molecular formula is C20H21N3O5S. The molecule has 1 aromatic heterocycles. The van der Waals surface area contributed by atoms with Gasteiger partial charge in [-0.1, -0.05) is 11.8 Å². The zero-order valence-electron chi connectivity index (χ0n) is 16.3. The second-order valence-corrected chi connectivity index (χ2v) is 6.66. The SMILES string of the molecule is CCOc1ccc(NC(=O)CSc2nnc(-c3ccc(OC)c(OC)c3)o2)cc1. The number of carbonyl (C=O) groups is 1. The fourth-order valence-electron chi connectivity index (χ4n) is 2.48. The van der Waals surface area contributed by atoms with Crippen molar-refractivity contribution >= 4 is 23.4 Å². The quantitative estimate of drug-likeness (QED) is 0.526. The van der Waals surface area contributed by atoms with E-state index in [1.807, 2.05) is 6.92 Å². The van der Waals surface area contributed by atoms with E-state index in [0.717, 1.165) is 17.5 Å². The summed E-state index contributed by atoms with van der Waals surface area (Å²) in [6.45, 7) is 2.51. The van der Waals surface area contributed by atoms with Gasteiger partial charge in [0.2, 0.25) is 11.8 Å². The second-order valence-electron chi connectivity index (χ2n) is 5.74. The minimum Gasteiger partial charge on any atom is -0.494 e. The van der Waals surface area contributed by atoms with Gasteiger partial charge in [0.15, 0.2) is 11.5 Å². The number of benzene rings is 2. The van der Waals surface area contributed by atoms with Crippen LogP contribution >= 0.6 is 11.8 Å². The first-order valence-corrected chi connectivity index (χ1v) is 9.83. The molecule has 2 aromatic carbocycles. The number of carbonyl (C=O) groups excluding carboxylic acids is 1. The Kier molecular flexibility index (Phi) is 6.96. The number of thioether (sulfide) groups is 1. The molecule has 0 aliphatic carbocycles. The molecule has 0 aliphatic heterocycles. The van der Waals surface area contributed by atoms with Crippen molar-refractivity contribution in [1.82, 2.24) is 10.2 Å². The zero-order valence-corrected chi connectivity index (χ0v) is 17.1. The third kappa shape index (κ3) is 5.41. The Morgan fingerprint density at radius 2 is 1.83 bits per heavy atom. The van der Waals surface area contributed by atoms with Gasteiger partial charge in [0.1, 0.15) is 5.75 Å². The molecule has 0 bridgehead atoms. The van der Waals surface area contributed by atoms with Crippen molar-refractivity contribution in [2.24, 2.45) is 0 Å².